The van der Waals surface area contributed by atoms with Crippen LogP contribution in [-0.2, 0) is 10.8 Å². The third kappa shape index (κ3) is 7.09. The highest BCUT2D eigenvalue weighted by Gasteiger charge is 2.37. The summed E-state index contributed by atoms with van der Waals surface area (Å²) in [5, 5.41) is 2.40. The van der Waals surface area contributed by atoms with Crippen molar-refractivity contribution in [3.8, 4) is 55.6 Å². The summed E-state index contributed by atoms with van der Waals surface area (Å²) >= 11 is 0. The molecule has 0 aromatic heterocycles. The van der Waals surface area contributed by atoms with E-state index in [0.717, 1.165) is 34.1 Å². The predicted octanol–water partition coefficient (Wildman–Crippen LogP) is 19.4. The maximum Gasteiger partial charge on any atom is 0.0540 e. The number of hydrogen-bond donors (Lipinski definition) is 0. The van der Waals surface area contributed by atoms with E-state index >= 15 is 0 Å². The Balaban J connectivity index is 0.912. The molecule has 0 bridgehead atoms. The van der Waals surface area contributed by atoms with Crippen molar-refractivity contribution < 1.29 is 0 Å². The number of anilines is 6. The van der Waals surface area contributed by atoms with Gasteiger partial charge in [0.2, 0.25) is 0 Å². The Kier molecular flexibility index (Phi) is 10.2. The van der Waals surface area contributed by atoms with Gasteiger partial charge in [-0.3, -0.25) is 0 Å². The summed E-state index contributed by atoms with van der Waals surface area (Å²) in [4.78, 5) is 4.87. The molecule has 72 heavy (non-hydrogen) atoms. The Morgan fingerprint density at radius 3 is 1.08 bits per heavy atom. The smallest absolute Gasteiger partial charge is 0.0540 e. The molecule has 0 saturated carbocycles. The molecule has 344 valence electrons. The third-order valence-electron chi connectivity index (χ3n) is 15.7. The van der Waals surface area contributed by atoms with Crippen molar-refractivity contribution >= 4 is 44.9 Å². The third-order valence-corrected chi connectivity index (χ3v) is 15.7. The van der Waals surface area contributed by atoms with Crippen molar-refractivity contribution in [2.75, 3.05) is 9.80 Å². The van der Waals surface area contributed by atoms with E-state index < -0.39 is 0 Å². The molecule has 2 nitrogen and oxygen atoms in total. The largest absolute Gasteiger partial charge is 0.310 e. The average molecular weight is 923 g/mol. The number of rotatable bonds is 9. The lowest BCUT2D eigenvalue weighted by atomic mass is 9.82. The van der Waals surface area contributed by atoms with Crippen LogP contribution in [0.1, 0.15) is 49.9 Å². The first kappa shape index (κ1) is 43.3. The first-order valence-electron chi connectivity index (χ1n) is 25.2. The van der Waals surface area contributed by atoms with E-state index in [4.69, 9.17) is 0 Å². The van der Waals surface area contributed by atoms with Gasteiger partial charge < -0.3 is 9.80 Å². The fraction of sp³-hybridized carbons (Fsp3) is 0.0857. The molecule has 2 aliphatic carbocycles. The van der Waals surface area contributed by atoms with Gasteiger partial charge in [0.1, 0.15) is 0 Å². The quantitative estimate of drug-likeness (QED) is 0.142. The van der Waals surface area contributed by atoms with Crippen LogP contribution in [0.5, 0.6) is 0 Å². The summed E-state index contributed by atoms with van der Waals surface area (Å²) in [6, 6.07) is 94.0. The fourth-order valence-electron chi connectivity index (χ4n) is 11.9. The van der Waals surface area contributed by atoms with Gasteiger partial charge in [-0.05, 0) is 150 Å². The zero-order valence-electron chi connectivity index (χ0n) is 41.1. The SMILES string of the molecule is CC1(C)c2ccccc2-c2ccc(N(c3ccc(-c4ccccc4)cc3)c3ccc(-c4ccc(N(c5ccc(-c6ccccc6)cc5)c5ccc6c(c5)C(C)(C)c5ccccc5-6)c5ccccc45)cc3)cc21. The summed E-state index contributed by atoms with van der Waals surface area (Å²) in [5.74, 6) is 0. The summed E-state index contributed by atoms with van der Waals surface area (Å²) in [6.45, 7) is 9.44. The van der Waals surface area contributed by atoms with Crippen molar-refractivity contribution in [3.05, 3.63) is 277 Å². The highest BCUT2D eigenvalue weighted by Crippen LogP contribution is 2.53. The minimum Gasteiger partial charge on any atom is -0.310 e. The van der Waals surface area contributed by atoms with Gasteiger partial charge in [0.15, 0.2) is 0 Å². The van der Waals surface area contributed by atoms with Gasteiger partial charge in [0, 0.05) is 44.7 Å². The molecule has 2 heteroatoms. The number of fused-ring (bicyclic) bond motifs is 7. The van der Waals surface area contributed by atoms with E-state index in [1.165, 1.54) is 88.7 Å². The van der Waals surface area contributed by atoms with Crippen molar-refractivity contribution in [2.45, 2.75) is 38.5 Å². The molecule has 0 unspecified atom stereocenters. The van der Waals surface area contributed by atoms with Gasteiger partial charge in [0.05, 0.1) is 5.69 Å². The molecule has 11 aromatic rings. The number of nitrogens with zero attached hydrogens (tertiary/aromatic N) is 2. The highest BCUT2D eigenvalue weighted by atomic mass is 15.1. The first-order chi connectivity index (χ1) is 35.2. The monoisotopic (exact) mass is 922 g/mol. The van der Waals surface area contributed by atoms with Gasteiger partial charge in [-0.15, -0.1) is 0 Å². The first-order valence-corrected chi connectivity index (χ1v) is 25.2. The molecule has 0 aliphatic heterocycles. The Morgan fingerprint density at radius 1 is 0.236 bits per heavy atom. The molecular weight excluding hydrogens is 869 g/mol. The van der Waals surface area contributed by atoms with E-state index in [1.54, 1.807) is 0 Å². The van der Waals surface area contributed by atoms with Gasteiger partial charge in [-0.1, -0.05) is 216 Å². The van der Waals surface area contributed by atoms with Crippen LogP contribution in [0.4, 0.5) is 34.1 Å². The average Bonchev–Trinajstić information content (AvgIpc) is 3.81. The lowest BCUT2D eigenvalue weighted by Gasteiger charge is -2.30. The van der Waals surface area contributed by atoms with Crippen LogP contribution in [0.3, 0.4) is 0 Å². The van der Waals surface area contributed by atoms with Crippen LogP contribution in [0.15, 0.2) is 255 Å². The Morgan fingerprint density at radius 2 is 0.583 bits per heavy atom. The zero-order valence-corrected chi connectivity index (χ0v) is 41.1. The highest BCUT2D eigenvalue weighted by molar-refractivity contribution is 6.06. The van der Waals surface area contributed by atoms with Crippen molar-refractivity contribution in [1.29, 1.82) is 0 Å². The second-order valence-corrected chi connectivity index (χ2v) is 20.5. The predicted molar refractivity (Wildman–Crippen MR) is 305 cm³/mol. The lowest BCUT2D eigenvalue weighted by molar-refractivity contribution is 0.660. The second kappa shape index (κ2) is 17.0. The molecule has 13 rings (SSSR count). The summed E-state index contributed by atoms with van der Waals surface area (Å²) in [6.07, 6.45) is 0. The van der Waals surface area contributed by atoms with Crippen LogP contribution < -0.4 is 9.80 Å². The molecule has 0 fully saturated rings. The number of benzene rings is 11. The summed E-state index contributed by atoms with van der Waals surface area (Å²) < 4.78 is 0. The van der Waals surface area contributed by atoms with Crippen molar-refractivity contribution in [3.63, 3.8) is 0 Å². The van der Waals surface area contributed by atoms with Crippen molar-refractivity contribution in [1.82, 2.24) is 0 Å². The van der Waals surface area contributed by atoms with Crippen LogP contribution in [0.2, 0.25) is 0 Å². The summed E-state index contributed by atoms with van der Waals surface area (Å²) in [5.41, 5.74) is 24.4. The van der Waals surface area contributed by atoms with E-state index in [-0.39, 0.29) is 10.8 Å². The van der Waals surface area contributed by atoms with Crippen LogP contribution in [0.25, 0.3) is 66.4 Å². The molecule has 0 amide bonds. The lowest BCUT2D eigenvalue weighted by Crippen LogP contribution is -2.16. The second-order valence-electron chi connectivity index (χ2n) is 20.5. The molecule has 0 N–H and O–H groups in total. The maximum atomic E-state index is 2.46. The van der Waals surface area contributed by atoms with Crippen LogP contribution in [0, 0.1) is 0 Å². The molecule has 0 atom stereocenters. The van der Waals surface area contributed by atoms with E-state index in [2.05, 4.69) is 292 Å². The van der Waals surface area contributed by atoms with Crippen LogP contribution >= 0.6 is 0 Å². The maximum absolute atomic E-state index is 2.46. The zero-order chi connectivity index (χ0) is 48.6. The van der Waals surface area contributed by atoms with E-state index in [9.17, 15) is 0 Å². The molecule has 11 aromatic carbocycles. The Labute approximate surface area is 423 Å². The van der Waals surface area contributed by atoms with E-state index in [1.807, 2.05) is 0 Å². The Bertz CT molecular complexity index is 3830. The molecule has 0 saturated heterocycles. The molecule has 0 radical (unpaired) electrons. The van der Waals surface area contributed by atoms with Crippen molar-refractivity contribution in [2.24, 2.45) is 0 Å². The standard InChI is InChI=1S/C70H54N2/c1-69(2)64-25-15-13-22-59(64)61-41-39-55(45-66(61)69)71(52-33-27-49(28-34-52)47-17-7-5-8-18-47)53-37-31-51(32-38-53)57-43-44-68(63-24-12-11-21-58(57)63)72(54-35-29-50(30-36-54)48-19-9-6-10-20-48)56-40-42-62-60-23-14-16-26-65(60)70(3,4)67(62)46-56/h5-46H,1-4H3. The van der Waals surface area contributed by atoms with Gasteiger partial charge in [-0.2, -0.15) is 0 Å². The summed E-state index contributed by atoms with van der Waals surface area (Å²) in [7, 11) is 0. The molecule has 0 spiro atoms. The van der Waals surface area contributed by atoms with Gasteiger partial charge >= 0.3 is 0 Å². The minimum absolute atomic E-state index is 0.119. The topological polar surface area (TPSA) is 6.48 Å². The van der Waals surface area contributed by atoms with E-state index in [0.29, 0.717) is 0 Å². The van der Waals surface area contributed by atoms with Gasteiger partial charge in [-0.25, -0.2) is 0 Å². The Hall–Kier alpha value is -8.72. The van der Waals surface area contributed by atoms with Crippen LogP contribution in [-0.4, -0.2) is 0 Å². The fourth-order valence-corrected chi connectivity index (χ4v) is 11.9. The normalized spacial score (nSPS) is 13.5. The number of hydrogen-bond acceptors (Lipinski definition) is 2. The minimum atomic E-state index is -0.132. The molecular formula is C70H54N2. The molecule has 2 aliphatic rings. The molecule has 0 heterocycles. The van der Waals surface area contributed by atoms with Gasteiger partial charge in [0.25, 0.3) is 0 Å².